The van der Waals surface area contributed by atoms with Gasteiger partial charge in [-0.05, 0) is 43.0 Å². The van der Waals surface area contributed by atoms with Crippen LogP contribution in [0.2, 0.25) is 0 Å². The summed E-state index contributed by atoms with van der Waals surface area (Å²) in [4.78, 5) is 0. The van der Waals surface area contributed by atoms with E-state index in [4.69, 9.17) is 4.74 Å². The number of aryl methyl sites for hydroxylation is 1. The van der Waals surface area contributed by atoms with Gasteiger partial charge in [-0.25, -0.2) is 0 Å². The summed E-state index contributed by atoms with van der Waals surface area (Å²) >= 11 is 0. The molecule has 1 heteroatoms. The average Bonchev–Trinajstić information content (AvgIpc) is 2.56. The van der Waals surface area contributed by atoms with Crippen molar-refractivity contribution in [1.82, 2.24) is 0 Å². The molecule has 1 nitrogen and oxygen atoms in total. The van der Waals surface area contributed by atoms with Gasteiger partial charge in [-0.1, -0.05) is 70.2 Å². The fourth-order valence-corrected chi connectivity index (χ4v) is 1.72. The van der Waals surface area contributed by atoms with Crippen molar-refractivity contribution in [2.24, 2.45) is 0 Å². The van der Waals surface area contributed by atoms with E-state index < -0.39 is 0 Å². The van der Waals surface area contributed by atoms with E-state index in [2.05, 4.69) is 43.8 Å². The van der Waals surface area contributed by atoms with Gasteiger partial charge < -0.3 is 4.74 Å². The van der Waals surface area contributed by atoms with E-state index in [1.807, 2.05) is 32.9 Å². The van der Waals surface area contributed by atoms with Gasteiger partial charge in [0.15, 0.2) is 0 Å². The molecular weight excluding hydrogens is 256 g/mol. The van der Waals surface area contributed by atoms with E-state index in [0.717, 1.165) is 17.7 Å². The number of hydrogen-bond acceptors (Lipinski definition) is 1. The minimum Gasteiger partial charge on any atom is -0.489 e. The lowest BCUT2D eigenvalue weighted by Gasteiger charge is -2.07. The molecule has 0 aliphatic heterocycles. The normalized spacial score (nSPS) is 11.0. The van der Waals surface area contributed by atoms with Gasteiger partial charge >= 0.3 is 0 Å². The number of rotatable bonds is 8. The summed E-state index contributed by atoms with van der Waals surface area (Å²) in [5.74, 6) is 0.923. The molecule has 0 saturated carbocycles. The third kappa shape index (κ3) is 8.91. The van der Waals surface area contributed by atoms with Crippen molar-refractivity contribution in [3.8, 4) is 5.75 Å². The van der Waals surface area contributed by atoms with Crippen molar-refractivity contribution >= 4 is 0 Å². The quantitative estimate of drug-likeness (QED) is 0.523. The highest BCUT2D eigenvalue weighted by molar-refractivity contribution is 5.29. The molecule has 0 radical (unpaired) electrons. The first-order chi connectivity index (χ1) is 10.3. The maximum Gasteiger partial charge on any atom is 0.119 e. The van der Waals surface area contributed by atoms with Crippen LogP contribution in [0.15, 0.2) is 60.7 Å². The highest BCUT2D eigenvalue weighted by Gasteiger charge is 1.97. The van der Waals surface area contributed by atoms with Crippen molar-refractivity contribution in [3.63, 3.8) is 0 Å². The van der Waals surface area contributed by atoms with Crippen LogP contribution in [0.1, 0.15) is 46.1 Å². The van der Waals surface area contributed by atoms with E-state index in [1.165, 1.54) is 18.4 Å². The highest BCUT2D eigenvalue weighted by Crippen LogP contribution is 2.15. The molecule has 0 fully saturated rings. The zero-order chi connectivity index (χ0) is 15.9. The predicted molar refractivity (Wildman–Crippen MR) is 95.0 cm³/mol. The van der Waals surface area contributed by atoms with E-state index in [1.54, 1.807) is 6.08 Å². The van der Waals surface area contributed by atoms with Crippen molar-refractivity contribution in [2.75, 3.05) is 6.61 Å². The van der Waals surface area contributed by atoms with Gasteiger partial charge in [-0.2, -0.15) is 0 Å². The van der Waals surface area contributed by atoms with Crippen LogP contribution in [0.3, 0.4) is 0 Å². The van der Waals surface area contributed by atoms with Crippen LogP contribution < -0.4 is 4.74 Å². The largest absolute Gasteiger partial charge is 0.489 e. The van der Waals surface area contributed by atoms with Crippen LogP contribution in [0.5, 0.6) is 5.75 Å². The summed E-state index contributed by atoms with van der Waals surface area (Å²) in [6, 6.07) is 8.41. The fraction of sp³-hybridized carbons (Fsp3) is 0.400. The number of benzene rings is 1. The number of allylic oxidation sites excluding steroid dienone is 3. The molecular formula is C20H30O. The Labute approximate surface area is 131 Å². The summed E-state index contributed by atoms with van der Waals surface area (Å²) in [5.41, 5.74) is 2.53. The Morgan fingerprint density at radius 2 is 1.86 bits per heavy atom. The van der Waals surface area contributed by atoms with Crippen molar-refractivity contribution in [2.45, 2.75) is 47.0 Å². The first-order valence-electron chi connectivity index (χ1n) is 7.96. The third-order valence-corrected chi connectivity index (χ3v) is 2.97. The molecule has 1 aromatic rings. The van der Waals surface area contributed by atoms with Crippen molar-refractivity contribution in [1.29, 1.82) is 0 Å². The van der Waals surface area contributed by atoms with E-state index in [0.29, 0.717) is 6.61 Å². The Bertz CT molecular complexity index is 424. The molecule has 0 aliphatic rings. The molecule has 0 saturated heterocycles. The smallest absolute Gasteiger partial charge is 0.119 e. The SMILES string of the molecule is C=C/C=C\C(=C/C)COc1ccc(CCCC)cc1.CC. The summed E-state index contributed by atoms with van der Waals surface area (Å²) < 4.78 is 5.76. The summed E-state index contributed by atoms with van der Waals surface area (Å²) in [5, 5.41) is 0. The number of unbranched alkanes of at least 4 members (excludes halogenated alkanes) is 1. The lowest BCUT2D eigenvalue weighted by molar-refractivity contribution is 0.355. The van der Waals surface area contributed by atoms with Crippen LogP contribution in [0, 0.1) is 0 Å². The molecule has 116 valence electrons. The van der Waals surface area contributed by atoms with E-state index in [-0.39, 0.29) is 0 Å². The third-order valence-electron chi connectivity index (χ3n) is 2.97. The highest BCUT2D eigenvalue weighted by atomic mass is 16.5. The molecule has 1 aromatic carbocycles. The molecule has 0 bridgehead atoms. The van der Waals surface area contributed by atoms with Gasteiger partial charge in [-0.15, -0.1) is 0 Å². The molecule has 0 unspecified atom stereocenters. The Morgan fingerprint density at radius 1 is 1.19 bits per heavy atom. The fourth-order valence-electron chi connectivity index (χ4n) is 1.72. The monoisotopic (exact) mass is 286 g/mol. The number of ether oxygens (including phenoxy) is 1. The Hall–Kier alpha value is -1.76. The zero-order valence-corrected chi connectivity index (χ0v) is 14.1. The van der Waals surface area contributed by atoms with Gasteiger partial charge in [0.05, 0.1) is 0 Å². The number of hydrogen-bond donors (Lipinski definition) is 0. The lowest BCUT2D eigenvalue weighted by atomic mass is 10.1. The molecule has 0 spiro atoms. The Balaban J connectivity index is 0.00000191. The molecule has 0 atom stereocenters. The van der Waals surface area contributed by atoms with Crippen molar-refractivity contribution < 1.29 is 4.74 Å². The minimum absolute atomic E-state index is 0.592. The second-order valence-corrected chi connectivity index (χ2v) is 4.49. The van der Waals surface area contributed by atoms with Crippen LogP contribution >= 0.6 is 0 Å². The summed E-state index contributed by atoms with van der Waals surface area (Å²) in [7, 11) is 0. The Kier molecular flexibility index (Phi) is 12.1. The van der Waals surface area contributed by atoms with Gasteiger partial charge in [0.1, 0.15) is 12.4 Å². The zero-order valence-electron chi connectivity index (χ0n) is 14.1. The van der Waals surface area contributed by atoms with Gasteiger partial charge in [0, 0.05) is 0 Å². The van der Waals surface area contributed by atoms with Gasteiger partial charge in [0.2, 0.25) is 0 Å². The molecule has 0 heterocycles. The topological polar surface area (TPSA) is 9.23 Å². The van der Waals surface area contributed by atoms with Crippen LogP contribution in [-0.4, -0.2) is 6.61 Å². The van der Waals surface area contributed by atoms with Crippen LogP contribution in [0.4, 0.5) is 0 Å². The van der Waals surface area contributed by atoms with Gasteiger partial charge in [-0.3, -0.25) is 0 Å². The second-order valence-electron chi connectivity index (χ2n) is 4.49. The molecule has 1 rings (SSSR count). The minimum atomic E-state index is 0.592. The molecule has 0 aliphatic carbocycles. The first-order valence-corrected chi connectivity index (χ1v) is 7.96. The molecule has 0 N–H and O–H groups in total. The lowest BCUT2D eigenvalue weighted by Crippen LogP contribution is -1.99. The molecule has 0 aromatic heterocycles. The summed E-state index contributed by atoms with van der Waals surface area (Å²) in [6.07, 6.45) is 11.4. The standard InChI is InChI=1S/C18H24O.C2H6/c1-4-7-9-16(6-3)15-19-18-13-11-17(12-14-18)10-8-5-2;1-2/h4,6-7,9,11-14H,1,5,8,10,15H2,2-3H3;1-2H3/b9-7-,16-6+;. The maximum atomic E-state index is 5.76. The second kappa shape index (κ2) is 13.2. The Morgan fingerprint density at radius 3 is 2.38 bits per heavy atom. The van der Waals surface area contributed by atoms with Gasteiger partial charge in [0.25, 0.3) is 0 Å². The predicted octanol–water partition coefficient (Wildman–Crippen LogP) is 6.12. The summed E-state index contributed by atoms with van der Waals surface area (Å²) in [6.45, 7) is 12.5. The van der Waals surface area contributed by atoms with Crippen LogP contribution in [0.25, 0.3) is 0 Å². The van der Waals surface area contributed by atoms with Crippen LogP contribution in [-0.2, 0) is 6.42 Å². The molecule has 0 amide bonds. The average molecular weight is 286 g/mol. The molecule has 21 heavy (non-hydrogen) atoms. The van der Waals surface area contributed by atoms with E-state index >= 15 is 0 Å². The maximum absolute atomic E-state index is 5.76. The van der Waals surface area contributed by atoms with Crippen molar-refractivity contribution in [3.05, 3.63) is 66.3 Å². The van der Waals surface area contributed by atoms with E-state index in [9.17, 15) is 0 Å². The first kappa shape index (κ1) is 19.2.